The number of para-hydroxylation sites is 1. The molecule has 2 nitrogen and oxygen atoms in total. The predicted molar refractivity (Wildman–Crippen MR) is 89.5 cm³/mol. The lowest BCUT2D eigenvalue weighted by atomic mass is 10.0. The third-order valence-corrected chi connectivity index (χ3v) is 4.91. The van der Waals surface area contributed by atoms with Crippen LogP contribution in [0.3, 0.4) is 0 Å². The number of thioether (sulfide) groups is 1. The first-order valence-corrected chi connectivity index (χ1v) is 8.51. The van der Waals surface area contributed by atoms with Crippen LogP contribution in [0.15, 0.2) is 53.4 Å². The molecule has 1 aliphatic heterocycles. The van der Waals surface area contributed by atoms with E-state index in [-0.39, 0.29) is 12.1 Å². The normalized spacial score (nSPS) is 18.7. The molecule has 0 aliphatic carbocycles. The highest BCUT2D eigenvalue weighted by Gasteiger charge is 2.28. The van der Waals surface area contributed by atoms with Gasteiger partial charge in [-0.15, -0.1) is 11.8 Å². The van der Waals surface area contributed by atoms with E-state index in [2.05, 4.69) is 24.4 Å². The van der Waals surface area contributed by atoms with Crippen molar-refractivity contribution in [3.8, 4) is 5.75 Å². The van der Waals surface area contributed by atoms with E-state index >= 15 is 0 Å². The minimum Gasteiger partial charge on any atom is -0.486 e. The molecule has 1 N–H and O–H groups in total. The van der Waals surface area contributed by atoms with Crippen molar-refractivity contribution in [2.75, 3.05) is 12.3 Å². The number of halogens is 1. The van der Waals surface area contributed by atoms with Crippen LogP contribution in [0.2, 0.25) is 5.02 Å². The monoisotopic (exact) mass is 319 g/mol. The third kappa shape index (κ3) is 3.37. The number of fused-ring (bicyclic) bond motifs is 1. The van der Waals surface area contributed by atoms with Gasteiger partial charge in [-0.25, -0.2) is 0 Å². The first-order chi connectivity index (χ1) is 10.3. The molecule has 2 aromatic rings. The van der Waals surface area contributed by atoms with Crippen LogP contribution in [-0.4, -0.2) is 18.4 Å². The lowest BCUT2D eigenvalue weighted by Gasteiger charge is -2.32. The molecule has 0 aromatic heterocycles. The molecule has 0 radical (unpaired) electrons. The van der Waals surface area contributed by atoms with Gasteiger partial charge < -0.3 is 10.1 Å². The van der Waals surface area contributed by atoms with Crippen molar-refractivity contribution in [3.05, 3.63) is 59.1 Å². The molecule has 110 valence electrons. The highest BCUT2D eigenvalue weighted by atomic mass is 35.5. The number of rotatable bonds is 4. The second kappa shape index (κ2) is 6.73. The summed E-state index contributed by atoms with van der Waals surface area (Å²) in [4.78, 5) is 1.22. The summed E-state index contributed by atoms with van der Waals surface area (Å²) in [6, 6.07) is 16.4. The Bertz CT molecular complexity index is 619. The molecule has 2 unspecified atom stereocenters. The van der Waals surface area contributed by atoms with Gasteiger partial charge in [-0.1, -0.05) is 42.8 Å². The fourth-order valence-electron chi connectivity index (χ4n) is 2.58. The molecular weight excluding hydrogens is 302 g/mol. The summed E-state index contributed by atoms with van der Waals surface area (Å²) in [6.07, 6.45) is 0.100. The molecule has 21 heavy (non-hydrogen) atoms. The van der Waals surface area contributed by atoms with Crippen LogP contribution < -0.4 is 10.1 Å². The van der Waals surface area contributed by atoms with Gasteiger partial charge in [0.05, 0.1) is 6.04 Å². The van der Waals surface area contributed by atoms with Crippen molar-refractivity contribution < 1.29 is 4.74 Å². The van der Waals surface area contributed by atoms with Crippen LogP contribution in [-0.2, 0) is 0 Å². The Balaban J connectivity index is 1.85. The van der Waals surface area contributed by atoms with E-state index in [9.17, 15) is 0 Å². The van der Waals surface area contributed by atoms with Gasteiger partial charge in [0, 0.05) is 15.7 Å². The van der Waals surface area contributed by atoms with Crippen LogP contribution in [0.5, 0.6) is 5.75 Å². The topological polar surface area (TPSA) is 21.3 Å². The van der Waals surface area contributed by atoms with E-state index in [1.54, 1.807) is 0 Å². The van der Waals surface area contributed by atoms with E-state index in [1.807, 2.05) is 48.2 Å². The van der Waals surface area contributed by atoms with Gasteiger partial charge in [0.2, 0.25) is 0 Å². The Morgan fingerprint density at radius 1 is 1.29 bits per heavy atom. The van der Waals surface area contributed by atoms with Crippen molar-refractivity contribution in [3.63, 3.8) is 0 Å². The largest absolute Gasteiger partial charge is 0.486 e. The first kappa shape index (κ1) is 14.8. The van der Waals surface area contributed by atoms with Crippen molar-refractivity contribution in [2.24, 2.45) is 0 Å². The summed E-state index contributed by atoms with van der Waals surface area (Å²) in [5.74, 6) is 1.91. The van der Waals surface area contributed by atoms with E-state index in [4.69, 9.17) is 16.3 Å². The van der Waals surface area contributed by atoms with Gasteiger partial charge in [-0.2, -0.15) is 0 Å². The Labute approximate surface area is 134 Å². The lowest BCUT2D eigenvalue weighted by Crippen LogP contribution is -2.38. The highest BCUT2D eigenvalue weighted by Crippen LogP contribution is 2.38. The quantitative estimate of drug-likeness (QED) is 0.893. The minimum atomic E-state index is 0.100. The zero-order chi connectivity index (χ0) is 14.7. The van der Waals surface area contributed by atoms with Crippen LogP contribution in [0.25, 0.3) is 0 Å². The maximum Gasteiger partial charge on any atom is 0.133 e. The second-order valence-corrected chi connectivity index (χ2v) is 6.50. The summed E-state index contributed by atoms with van der Waals surface area (Å²) in [6.45, 7) is 3.00. The molecule has 0 saturated carbocycles. The zero-order valence-electron chi connectivity index (χ0n) is 11.9. The Morgan fingerprint density at radius 2 is 2.14 bits per heavy atom. The lowest BCUT2D eigenvalue weighted by molar-refractivity contribution is 0.167. The van der Waals surface area contributed by atoms with Gasteiger partial charge in [0.1, 0.15) is 11.9 Å². The smallest absolute Gasteiger partial charge is 0.133 e. The predicted octanol–water partition coefficient (Wildman–Crippen LogP) is 4.54. The van der Waals surface area contributed by atoms with E-state index in [0.717, 1.165) is 23.1 Å². The van der Waals surface area contributed by atoms with Crippen LogP contribution in [0, 0.1) is 0 Å². The summed E-state index contributed by atoms with van der Waals surface area (Å²) >= 11 is 7.99. The van der Waals surface area contributed by atoms with Crippen LogP contribution in [0.4, 0.5) is 0 Å². The summed E-state index contributed by atoms with van der Waals surface area (Å²) < 4.78 is 6.21. The highest BCUT2D eigenvalue weighted by molar-refractivity contribution is 7.99. The van der Waals surface area contributed by atoms with E-state index in [1.165, 1.54) is 10.5 Å². The SMILES string of the molecule is CCNC(c1cccc(Cl)c1)C1CSc2ccccc2O1. The van der Waals surface area contributed by atoms with Crippen molar-refractivity contribution in [1.29, 1.82) is 0 Å². The van der Waals surface area contributed by atoms with Crippen LogP contribution in [0.1, 0.15) is 18.5 Å². The standard InChI is InChI=1S/C17H18ClNOS/c1-2-19-17(12-6-5-7-13(18)10-12)15-11-21-16-9-4-3-8-14(16)20-15/h3-10,15,17,19H,2,11H2,1H3. The minimum absolute atomic E-state index is 0.100. The third-order valence-electron chi connectivity index (χ3n) is 3.53. The van der Waals surface area contributed by atoms with E-state index < -0.39 is 0 Å². The zero-order valence-corrected chi connectivity index (χ0v) is 13.5. The number of hydrogen-bond acceptors (Lipinski definition) is 3. The molecule has 0 bridgehead atoms. The Hall–Kier alpha value is -1.16. The van der Waals surface area contributed by atoms with Crippen molar-refractivity contribution in [2.45, 2.75) is 24.0 Å². The number of nitrogens with one attached hydrogen (secondary N) is 1. The van der Waals surface area contributed by atoms with Gasteiger partial charge in [0.15, 0.2) is 0 Å². The fraction of sp³-hybridized carbons (Fsp3) is 0.294. The summed E-state index contributed by atoms with van der Waals surface area (Å²) in [5, 5.41) is 4.29. The average molecular weight is 320 g/mol. The molecule has 0 fully saturated rings. The van der Waals surface area contributed by atoms with Crippen LogP contribution >= 0.6 is 23.4 Å². The Kier molecular flexibility index (Phi) is 4.73. The molecule has 0 amide bonds. The Morgan fingerprint density at radius 3 is 2.95 bits per heavy atom. The number of ether oxygens (including phenoxy) is 1. The number of benzene rings is 2. The maximum absolute atomic E-state index is 6.21. The first-order valence-electron chi connectivity index (χ1n) is 7.15. The van der Waals surface area contributed by atoms with Gasteiger partial charge in [-0.05, 0) is 36.4 Å². The summed E-state index contributed by atoms with van der Waals surface area (Å²) in [7, 11) is 0. The number of likely N-dealkylation sites (N-methyl/N-ethyl adjacent to an activating group) is 1. The molecule has 0 spiro atoms. The molecule has 1 aliphatic rings. The van der Waals surface area contributed by atoms with Gasteiger partial charge >= 0.3 is 0 Å². The molecule has 2 aromatic carbocycles. The molecule has 4 heteroatoms. The number of hydrogen-bond donors (Lipinski definition) is 1. The van der Waals surface area contributed by atoms with E-state index in [0.29, 0.717) is 0 Å². The maximum atomic E-state index is 6.21. The molecule has 2 atom stereocenters. The fourth-order valence-corrected chi connectivity index (χ4v) is 3.82. The molecule has 1 heterocycles. The molecule has 0 saturated heterocycles. The molecular formula is C17H18ClNOS. The van der Waals surface area contributed by atoms with Gasteiger partial charge in [0.25, 0.3) is 0 Å². The van der Waals surface area contributed by atoms with Gasteiger partial charge in [-0.3, -0.25) is 0 Å². The molecule has 3 rings (SSSR count). The summed E-state index contributed by atoms with van der Waals surface area (Å²) in [5.41, 5.74) is 1.18. The van der Waals surface area contributed by atoms with Crippen molar-refractivity contribution >= 4 is 23.4 Å². The van der Waals surface area contributed by atoms with Crippen molar-refractivity contribution in [1.82, 2.24) is 5.32 Å². The second-order valence-electron chi connectivity index (χ2n) is 5.00. The average Bonchev–Trinajstić information content (AvgIpc) is 2.52.